The topological polar surface area (TPSA) is 143 Å². The average molecular weight is 652 g/mol. The number of pyridine rings is 1. The molecule has 2 aromatic heterocycles. The Bertz CT molecular complexity index is 1860. The number of thiophene rings is 1. The molecule has 222 valence electrons. The second-order valence-corrected chi connectivity index (χ2v) is 13.2. The maximum atomic E-state index is 15.2. The van der Waals surface area contributed by atoms with E-state index in [0.29, 0.717) is 18.2 Å². The molecule has 0 radical (unpaired) electrons. The zero-order valence-corrected chi connectivity index (χ0v) is 23.1. The first-order valence-electron chi connectivity index (χ1n) is 11.4. The predicted molar refractivity (Wildman–Crippen MR) is 133 cm³/mol. The van der Waals surface area contributed by atoms with E-state index in [1.54, 1.807) is 35.2 Å². The van der Waals surface area contributed by atoms with E-state index in [0.717, 1.165) is 0 Å². The Kier molecular flexibility index (Phi) is 8.70. The molecule has 2 N–H and O–H groups in total. The highest BCUT2D eigenvalue weighted by molar-refractivity contribution is 7.92. The number of alkyl halides is 3. The highest BCUT2D eigenvalue weighted by atomic mass is 32.2. The Balaban J connectivity index is 1.70. The van der Waals surface area contributed by atoms with Crippen molar-refractivity contribution in [3.8, 4) is 11.8 Å². The summed E-state index contributed by atoms with van der Waals surface area (Å²) in [7, 11) is -11.0. The molecule has 2 heterocycles. The molecule has 0 aliphatic carbocycles. The second-order valence-electron chi connectivity index (χ2n) is 8.54. The third-order valence-electron chi connectivity index (χ3n) is 5.75. The quantitative estimate of drug-likeness (QED) is 0.120. The van der Waals surface area contributed by atoms with Gasteiger partial charge in [-0.3, -0.25) is 0 Å². The van der Waals surface area contributed by atoms with E-state index >= 15 is 4.39 Å². The second kappa shape index (κ2) is 11.6. The van der Waals surface area contributed by atoms with Crippen LogP contribution in [0, 0.1) is 28.8 Å². The normalized spacial score (nSPS) is 14.4. The van der Waals surface area contributed by atoms with Gasteiger partial charge >= 0.3 is 6.18 Å². The van der Waals surface area contributed by atoms with Crippen LogP contribution in [0.4, 0.5) is 26.3 Å². The molecular weight excluding hydrogens is 635 g/mol. The molecule has 0 aliphatic rings. The third-order valence-corrected chi connectivity index (χ3v) is 10.0. The van der Waals surface area contributed by atoms with Crippen LogP contribution in [0.15, 0.2) is 59.1 Å². The van der Waals surface area contributed by atoms with Gasteiger partial charge in [-0.1, -0.05) is 12.1 Å². The first kappa shape index (κ1) is 31.4. The zero-order valence-electron chi connectivity index (χ0n) is 20.6. The molecule has 9 nitrogen and oxygen atoms in total. The number of nitrogens with one attached hydrogen (secondary N) is 1. The molecule has 2 aromatic carbocycles. The number of benzene rings is 2. The number of fused-ring (bicyclic) bond motifs is 1. The summed E-state index contributed by atoms with van der Waals surface area (Å²) in [5.41, 5.74) is -3.44. The summed E-state index contributed by atoms with van der Waals surface area (Å²) >= 11 is 0.0452. The van der Waals surface area contributed by atoms with Crippen LogP contribution in [0.2, 0.25) is 0 Å². The lowest BCUT2D eigenvalue weighted by molar-refractivity contribution is -0.697. The van der Waals surface area contributed by atoms with Crippen LogP contribution < -0.4 is 18.9 Å². The maximum Gasteiger partial charge on any atom is 0.417 e. The maximum absolute atomic E-state index is 15.2. The van der Waals surface area contributed by atoms with Gasteiger partial charge in [-0.15, -0.1) is 11.3 Å². The number of nitriles is 1. The smallest absolute Gasteiger partial charge is 0.417 e. The summed E-state index contributed by atoms with van der Waals surface area (Å²) < 4.78 is 129. The summed E-state index contributed by atoms with van der Waals surface area (Å²) in [5.74, 6) is -8.74. The number of rotatable bonds is 9. The van der Waals surface area contributed by atoms with E-state index in [2.05, 4.69) is 0 Å². The minimum atomic E-state index is -5.83. The Morgan fingerprint density at radius 2 is 1.79 bits per heavy atom. The van der Waals surface area contributed by atoms with Crippen molar-refractivity contribution < 1.29 is 58.4 Å². The Hall–Kier alpha value is -3.52. The van der Waals surface area contributed by atoms with Gasteiger partial charge in [-0.25, -0.2) is 21.8 Å². The molecule has 4 aromatic rings. The molecule has 0 fully saturated rings. The highest BCUT2D eigenvalue weighted by Gasteiger charge is 2.37. The van der Waals surface area contributed by atoms with Crippen LogP contribution in [0.5, 0.6) is 5.75 Å². The summed E-state index contributed by atoms with van der Waals surface area (Å²) in [4.78, 5) is 21.7. The van der Waals surface area contributed by atoms with Crippen LogP contribution in [0.1, 0.15) is 22.5 Å². The summed E-state index contributed by atoms with van der Waals surface area (Å²) in [6, 6.07) is 8.21. The lowest BCUT2D eigenvalue weighted by Gasteiger charge is -2.28. The van der Waals surface area contributed by atoms with E-state index < -0.39 is 83.8 Å². The molecule has 0 saturated carbocycles. The molecule has 0 aliphatic heterocycles. The van der Waals surface area contributed by atoms with Gasteiger partial charge in [0.05, 0.1) is 21.9 Å². The number of hydrogen-bond acceptors (Lipinski definition) is 7. The van der Waals surface area contributed by atoms with Crippen molar-refractivity contribution >= 4 is 39.0 Å². The lowest BCUT2D eigenvalue weighted by Crippen LogP contribution is -2.35. The number of ether oxygens (including phenoxy) is 1. The largest absolute Gasteiger partial charge is 0.777 e. The Morgan fingerprint density at radius 3 is 2.38 bits per heavy atom. The fourth-order valence-corrected chi connectivity index (χ4v) is 7.76. The van der Waals surface area contributed by atoms with Gasteiger partial charge in [0.15, 0.2) is 43.9 Å². The van der Waals surface area contributed by atoms with Crippen molar-refractivity contribution in [1.29, 1.82) is 5.26 Å². The molecule has 2 unspecified atom stereocenters. The van der Waals surface area contributed by atoms with Crippen LogP contribution in [0.25, 0.3) is 10.1 Å². The van der Waals surface area contributed by atoms with E-state index in [9.17, 15) is 44.7 Å². The van der Waals surface area contributed by atoms with Crippen molar-refractivity contribution in [2.75, 3.05) is 6.61 Å². The van der Waals surface area contributed by atoms with Crippen LogP contribution in [0.3, 0.4) is 0 Å². The molecule has 0 amide bonds. The average Bonchev–Trinajstić information content (AvgIpc) is 3.39. The van der Waals surface area contributed by atoms with Crippen molar-refractivity contribution in [2.24, 2.45) is 0 Å². The Morgan fingerprint density at radius 1 is 1.12 bits per heavy atom. The number of hydrogen-bond donors (Lipinski definition) is 2. The minimum absolute atomic E-state index is 0.0452. The van der Waals surface area contributed by atoms with Gasteiger partial charge in [-0.2, -0.15) is 27.5 Å². The molecule has 42 heavy (non-hydrogen) atoms. The van der Waals surface area contributed by atoms with Crippen molar-refractivity contribution in [3.05, 3.63) is 89.0 Å². The first-order valence-corrected chi connectivity index (χ1v) is 15.3. The number of aromatic nitrogens is 1. The summed E-state index contributed by atoms with van der Waals surface area (Å²) in [6.07, 6.45) is -1.89. The van der Waals surface area contributed by atoms with Gasteiger partial charge < -0.3 is 19.1 Å². The summed E-state index contributed by atoms with van der Waals surface area (Å²) in [5, 5.41) is 8.09. The number of sulfonamides is 1. The SMILES string of the molecule is N#Cc1ccc(C(NS(=O)(=O)c2cc3c(F)c(F)c(OCC[n+]4ccccc4)c(F)c3s2)P(=O)([O-])O)cc1C(F)(F)F. The molecule has 0 bridgehead atoms. The predicted octanol–water partition coefficient (Wildman–Crippen LogP) is 4.10. The van der Waals surface area contributed by atoms with Gasteiger partial charge in [-0.05, 0) is 23.8 Å². The highest BCUT2D eigenvalue weighted by Crippen LogP contribution is 2.48. The summed E-state index contributed by atoms with van der Waals surface area (Å²) in [6.45, 7) is -0.205. The minimum Gasteiger partial charge on any atom is -0.777 e. The molecule has 0 saturated heterocycles. The fraction of sp³-hybridized carbons (Fsp3) is 0.167. The number of nitrogens with zero attached hydrogens (tertiary/aromatic N) is 2. The van der Waals surface area contributed by atoms with Crippen LogP contribution >= 0.6 is 18.9 Å². The van der Waals surface area contributed by atoms with E-state index in [-0.39, 0.29) is 30.6 Å². The number of halogens is 6. The molecule has 18 heteroatoms. The lowest BCUT2D eigenvalue weighted by atomic mass is 10.0. The standard InChI is InChI=1S/C24H16F6N3O6PS2/c25-18-15-11-17(41-22(15)20(27)21(19(18)26)39-9-8-33-6-2-1-3-7-33)42(37,38)32-23(40(34,35)36)13-4-5-14(12-31)16(10-13)24(28,29)30/h1-7,10-11,23,32H,8-9H2,(H-,34,35,36). The van der Waals surface area contributed by atoms with Crippen LogP contribution in [-0.4, -0.2) is 19.9 Å². The van der Waals surface area contributed by atoms with E-state index in [1.165, 1.54) is 10.8 Å². The third kappa shape index (κ3) is 6.43. The van der Waals surface area contributed by atoms with Gasteiger partial charge in [0, 0.05) is 17.5 Å². The molecule has 2 atom stereocenters. The monoisotopic (exact) mass is 651 g/mol. The van der Waals surface area contributed by atoms with E-state index in [1.807, 2.05) is 0 Å². The first-order chi connectivity index (χ1) is 19.5. The molecule has 4 rings (SSSR count). The van der Waals surface area contributed by atoms with Crippen molar-refractivity contribution in [3.63, 3.8) is 0 Å². The van der Waals surface area contributed by atoms with Gasteiger partial charge in [0.2, 0.25) is 5.82 Å². The molecule has 0 spiro atoms. The van der Waals surface area contributed by atoms with E-state index in [4.69, 9.17) is 10.00 Å². The van der Waals surface area contributed by atoms with Gasteiger partial charge in [0.25, 0.3) is 10.0 Å². The van der Waals surface area contributed by atoms with Crippen molar-refractivity contribution in [1.82, 2.24) is 4.72 Å². The van der Waals surface area contributed by atoms with Gasteiger partial charge in [0.1, 0.15) is 16.6 Å². The van der Waals surface area contributed by atoms with Crippen molar-refractivity contribution in [2.45, 2.75) is 22.7 Å². The molecular formula is C24H16F6N3O6PS2. The fourth-order valence-electron chi connectivity index (χ4n) is 3.80. The zero-order chi connectivity index (χ0) is 31.0. The Labute approximate surface area is 237 Å². The van der Waals surface area contributed by atoms with Crippen LogP contribution in [-0.2, 0) is 27.3 Å².